The van der Waals surface area contributed by atoms with Gasteiger partial charge in [-0.3, -0.25) is 4.68 Å². The summed E-state index contributed by atoms with van der Waals surface area (Å²) in [5, 5.41) is 8.38. The number of anilines is 2. The summed E-state index contributed by atoms with van der Waals surface area (Å²) in [5.41, 5.74) is 1.79. The fraction of sp³-hybridized carbons (Fsp3) is 0.111. The maximum absolute atomic E-state index is 5.91. The second-order valence-electron chi connectivity index (χ2n) is 5.63. The van der Waals surface area contributed by atoms with E-state index >= 15 is 0 Å². The van der Waals surface area contributed by atoms with Crippen LogP contribution in [0.4, 0.5) is 11.6 Å². The smallest absolute Gasteiger partial charge is 0.222 e. The molecule has 0 aliphatic heterocycles. The summed E-state index contributed by atoms with van der Waals surface area (Å²) in [5.74, 6) is 2.65. The molecule has 0 amide bonds. The highest BCUT2D eigenvalue weighted by molar-refractivity contribution is 5.91. The van der Waals surface area contributed by atoms with Gasteiger partial charge in [0.05, 0.1) is 5.52 Å². The summed E-state index contributed by atoms with van der Waals surface area (Å²) < 4.78 is 7.64. The molecule has 0 radical (unpaired) electrons. The quantitative estimate of drug-likeness (QED) is 0.615. The first-order valence-corrected chi connectivity index (χ1v) is 7.80. The molecular weight excluding hydrogens is 316 g/mol. The zero-order chi connectivity index (χ0) is 17.2. The summed E-state index contributed by atoms with van der Waals surface area (Å²) in [7, 11) is 1.87. The highest BCUT2D eigenvalue weighted by Gasteiger charge is 2.09. The van der Waals surface area contributed by atoms with Crippen LogP contribution in [0.25, 0.3) is 10.9 Å². The molecule has 1 N–H and O–H groups in total. The largest absolute Gasteiger partial charge is 0.439 e. The lowest BCUT2D eigenvalue weighted by atomic mass is 10.2. The minimum Gasteiger partial charge on any atom is -0.439 e. The lowest BCUT2D eigenvalue weighted by molar-refractivity contribution is 0.459. The van der Waals surface area contributed by atoms with Gasteiger partial charge in [-0.1, -0.05) is 6.07 Å². The molecule has 0 aliphatic carbocycles. The molecule has 124 valence electrons. The van der Waals surface area contributed by atoms with Crippen LogP contribution in [0.1, 0.15) is 5.56 Å². The predicted molar refractivity (Wildman–Crippen MR) is 95.1 cm³/mol. The molecule has 3 aromatic heterocycles. The average molecular weight is 332 g/mol. The van der Waals surface area contributed by atoms with Crippen LogP contribution in [0.3, 0.4) is 0 Å². The van der Waals surface area contributed by atoms with E-state index < -0.39 is 0 Å². The Labute approximate surface area is 144 Å². The number of benzene rings is 1. The molecule has 0 spiro atoms. The van der Waals surface area contributed by atoms with Crippen molar-refractivity contribution in [3.63, 3.8) is 0 Å². The summed E-state index contributed by atoms with van der Waals surface area (Å²) in [6.45, 7) is 1.96. The molecule has 0 bridgehead atoms. The van der Waals surface area contributed by atoms with Gasteiger partial charge in [-0.15, -0.1) is 0 Å². The first kappa shape index (κ1) is 15.1. The van der Waals surface area contributed by atoms with E-state index in [0.29, 0.717) is 17.4 Å². The summed E-state index contributed by atoms with van der Waals surface area (Å²) in [6, 6.07) is 11.4. The van der Waals surface area contributed by atoms with Crippen molar-refractivity contribution in [2.24, 2.45) is 7.05 Å². The van der Waals surface area contributed by atoms with Gasteiger partial charge in [0.25, 0.3) is 0 Å². The molecule has 1 aromatic carbocycles. The number of aryl methyl sites for hydroxylation is 2. The molecule has 0 fully saturated rings. The molecule has 3 heterocycles. The Morgan fingerprint density at radius 3 is 2.80 bits per heavy atom. The minimum absolute atomic E-state index is 0.581. The Bertz CT molecular complexity index is 1040. The maximum Gasteiger partial charge on any atom is 0.222 e. The number of nitrogens with one attached hydrogen (secondary N) is 1. The van der Waals surface area contributed by atoms with Crippen LogP contribution in [0.15, 0.2) is 55.1 Å². The lowest BCUT2D eigenvalue weighted by Crippen LogP contribution is -1.98. The van der Waals surface area contributed by atoms with Crippen molar-refractivity contribution in [2.75, 3.05) is 5.32 Å². The van der Waals surface area contributed by atoms with Crippen LogP contribution in [-0.2, 0) is 7.05 Å². The van der Waals surface area contributed by atoms with E-state index in [0.717, 1.165) is 22.3 Å². The second kappa shape index (κ2) is 6.20. The number of hydrogen-bond acceptors (Lipinski definition) is 6. The zero-order valence-electron chi connectivity index (χ0n) is 13.8. The Morgan fingerprint density at radius 1 is 1.08 bits per heavy atom. The van der Waals surface area contributed by atoms with Crippen molar-refractivity contribution in [1.29, 1.82) is 0 Å². The van der Waals surface area contributed by atoms with Crippen LogP contribution in [0.5, 0.6) is 11.6 Å². The zero-order valence-corrected chi connectivity index (χ0v) is 13.8. The number of ether oxygens (including phenoxy) is 1. The van der Waals surface area contributed by atoms with E-state index in [2.05, 4.69) is 25.4 Å². The van der Waals surface area contributed by atoms with E-state index in [1.807, 2.05) is 56.6 Å². The first-order valence-electron chi connectivity index (χ1n) is 7.80. The maximum atomic E-state index is 5.91. The summed E-state index contributed by atoms with van der Waals surface area (Å²) >= 11 is 0. The van der Waals surface area contributed by atoms with E-state index in [9.17, 15) is 0 Å². The van der Waals surface area contributed by atoms with Crippen molar-refractivity contribution in [3.8, 4) is 11.6 Å². The van der Waals surface area contributed by atoms with E-state index in [1.165, 1.54) is 6.33 Å². The Balaban J connectivity index is 1.71. The van der Waals surface area contributed by atoms with Crippen LogP contribution in [-0.4, -0.2) is 24.7 Å². The molecule has 7 heteroatoms. The van der Waals surface area contributed by atoms with Gasteiger partial charge in [0.1, 0.15) is 17.9 Å². The van der Waals surface area contributed by atoms with Gasteiger partial charge >= 0.3 is 0 Å². The summed E-state index contributed by atoms with van der Waals surface area (Å²) in [4.78, 5) is 12.9. The molecule has 0 atom stereocenters. The number of pyridine rings is 1. The molecule has 4 aromatic rings. The van der Waals surface area contributed by atoms with Crippen LogP contribution in [0, 0.1) is 6.92 Å². The Morgan fingerprint density at radius 2 is 2.00 bits per heavy atom. The van der Waals surface area contributed by atoms with Gasteiger partial charge in [0.2, 0.25) is 5.88 Å². The summed E-state index contributed by atoms with van der Waals surface area (Å²) in [6.07, 6.45) is 5.10. The fourth-order valence-electron chi connectivity index (χ4n) is 2.49. The number of fused-ring (bicyclic) bond motifs is 1. The Hall–Kier alpha value is -3.48. The van der Waals surface area contributed by atoms with E-state index in [-0.39, 0.29) is 0 Å². The average Bonchev–Trinajstić information content (AvgIpc) is 3.02. The molecule has 25 heavy (non-hydrogen) atoms. The van der Waals surface area contributed by atoms with Gasteiger partial charge in [0.15, 0.2) is 5.82 Å². The molecule has 4 rings (SSSR count). The SMILES string of the molecule is Cc1cccnc1Oc1ccc2ncnc(Nc3ccn(C)n3)c2c1. The van der Waals surface area contributed by atoms with E-state index in [1.54, 1.807) is 10.9 Å². The predicted octanol–water partition coefficient (Wildman–Crippen LogP) is 3.60. The molecule has 0 saturated heterocycles. The molecule has 0 unspecified atom stereocenters. The van der Waals surface area contributed by atoms with Crippen LogP contribution < -0.4 is 10.1 Å². The van der Waals surface area contributed by atoms with Gasteiger partial charge in [-0.05, 0) is 31.2 Å². The second-order valence-corrected chi connectivity index (χ2v) is 5.63. The standard InChI is InChI=1S/C18H16N6O/c1-12-4-3-8-19-18(12)25-13-5-6-15-14(10-13)17(21-11-20-15)22-16-7-9-24(2)23-16/h3-11H,1-2H3,(H,20,21,22,23). The van der Waals surface area contributed by atoms with Gasteiger partial charge in [-0.25, -0.2) is 15.0 Å². The van der Waals surface area contributed by atoms with Crippen molar-refractivity contribution in [3.05, 3.63) is 60.7 Å². The molecule has 0 aliphatic rings. The van der Waals surface area contributed by atoms with Gasteiger partial charge in [-0.2, -0.15) is 5.10 Å². The van der Waals surface area contributed by atoms with Crippen molar-refractivity contribution < 1.29 is 4.74 Å². The number of aromatic nitrogens is 5. The van der Waals surface area contributed by atoms with Crippen molar-refractivity contribution >= 4 is 22.5 Å². The third-order valence-electron chi connectivity index (χ3n) is 3.74. The monoisotopic (exact) mass is 332 g/mol. The van der Waals surface area contributed by atoms with Gasteiger partial charge < -0.3 is 10.1 Å². The van der Waals surface area contributed by atoms with Crippen LogP contribution in [0.2, 0.25) is 0 Å². The molecule has 0 saturated carbocycles. The number of nitrogens with zero attached hydrogens (tertiary/aromatic N) is 5. The third kappa shape index (κ3) is 3.12. The number of rotatable bonds is 4. The normalized spacial score (nSPS) is 10.8. The van der Waals surface area contributed by atoms with Gasteiger partial charge in [0, 0.05) is 36.5 Å². The topological polar surface area (TPSA) is 77.8 Å². The highest BCUT2D eigenvalue weighted by atomic mass is 16.5. The van der Waals surface area contributed by atoms with Crippen molar-refractivity contribution in [2.45, 2.75) is 6.92 Å². The van der Waals surface area contributed by atoms with Crippen molar-refractivity contribution in [1.82, 2.24) is 24.7 Å². The fourth-order valence-corrected chi connectivity index (χ4v) is 2.49. The number of hydrogen-bond donors (Lipinski definition) is 1. The highest BCUT2D eigenvalue weighted by Crippen LogP contribution is 2.29. The molecular formula is C18H16N6O. The molecule has 7 nitrogen and oxygen atoms in total. The minimum atomic E-state index is 0.581. The van der Waals surface area contributed by atoms with E-state index in [4.69, 9.17) is 4.74 Å². The lowest BCUT2D eigenvalue weighted by Gasteiger charge is -2.10. The Kier molecular flexibility index (Phi) is 3.74. The first-order chi connectivity index (χ1) is 12.2. The van der Waals surface area contributed by atoms with Crippen LogP contribution >= 0.6 is 0 Å². The third-order valence-corrected chi connectivity index (χ3v) is 3.74.